The SMILES string of the molecule is CCOc1cc(C=NNS(=O)(=O)c2ccc3ccccc3c2)ccc1OCC(=O)N1CCOCC1. The predicted molar refractivity (Wildman–Crippen MR) is 132 cm³/mol. The van der Waals surface area contributed by atoms with Gasteiger partial charge >= 0.3 is 0 Å². The average Bonchev–Trinajstić information content (AvgIpc) is 2.88. The monoisotopic (exact) mass is 497 g/mol. The van der Waals surface area contributed by atoms with Gasteiger partial charge in [-0.1, -0.05) is 30.3 Å². The Balaban J connectivity index is 1.41. The molecule has 0 radical (unpaired) electrons. The Morgan fingerprint density at radius 2 is 1.80 bits per heavy atom. The number of amides is 1. The minimum atomic E-state index is -3.83. The van der Waals surface area contributed by atoms with Crippen molar-refractivity contribution in [2.75, 3.05) is 39.5 Å². The maximum atomic E-state index is 12.7. The Morgan fingerprint density at radius 3 is 2.57 bits per heavy atom. The summed E-state index contributed by atoms with van der Waals surface area (Å²) in [6.45, 7) is 4.25. The van der Waals surface area contributed by atoms with Gasteiger partial charge in [0.25, 0.3) is 15.9 Å². The van der Waals surface area contributed by atoms with Gasteiger partial charge in [-0.3, -0.25) is 4.79 Å². The van der Waals surface area contributed by atoms with Crippen LogP contribution in [0.5, 0.6) is 11.5 Å². The van der Waals surface area contributed by atoms with Crippen LogP contribution in [-0.4, -0.2) is 65.0 Å². The fourth-order valence-electron chi connectivity index (χ4n) is 3.59. The van der Waals surface area contributed by atoms with Crippen LogP contribution in [0.25, 0.3) is 10.8 Å². The number of hydrogen-bond acceptors (Lipinski definition) is 7. The van der Waals surface area contributed by atoms with Crippen molar-refractivity contribution in [3.8, 4) is 11.5 Å². The molecule has 0 bridgehead atoms. The van der Waals surface area contributed by atoms with Gasteiger partial charge in [-0.2, -0.15) is 13.5 Å². The molecule has 0 aliphatic carbocycles. The highest BCUT2D eigenvalue weighted by Gasteiger charge is 2.18. The van der Waals surface area contributed by atoms with Crippen molar-refractivity contribution in [2.24, 2.45) is 5.10 Å². The number of fused-ring (bicyclic) bond motifs is 1. The van der Waals surface area contributed by atoms with Crippen LogP contribution in [0.1, 0.15) is 12.5 Å². The molecule has 184 valence electrons. The summed E-state index contributed by atoms with van der Waals surface area (Å²) in [5, 5.41) is 5.68. The molecule has 4 rings (SSSR count). The van der Waals surface area contributed by atoms with Gasteiger partial charge in [0.2, 0.25) is 0 Å². The number of ether oxygens (including phenoxy) is 3. The smallest absolute Gasteiger partial charge is 0.276 e. The minimum absolute atomic E-state index is 0.112. The zero-order valence-corrected chi connectivity index (χ0v) is 20.2. The molecule has 9 nitrogen and oxygen atoms in total. The van der Waals surface area contributed by atoms with E-state index in [1.165, 1.54) is 12.3 Å². The van der Waals surface area contributed by atoms with Crippen LogP contribution in [-0.2, 0) is 19.6 Å². The number of carbonyl (C=O) groups is 1. The quantitative estimate of drug-likeness (QED) is 0.360. The van der Waals surface area contributed by atoms with Crippen LogP contribution in [0.2, 0.25) is 0 Å². The number of rotatable bonds is 9. The summed E-state index contributed by atoms with van der Waals surface area (Å²) in [5.41, 5.74) is 0.599. The molecular weight excluding hydrogens is 470 g/mol. The molecule has 0 atom stereocenters. The van der Waals surface area contributed by atoms with Gasteiger partial charge in [0, 0.05) is 13.1 Å². The number of nitrogens with one attached hydrogen (secondary N) is 1. The van der Waals surface area contributed by atoms with Gasteiger partial charge in [-0.05, 0) is 53.6 Å². The summed E-state index contributed by atoms with van der Waals surface area (Å²) >= 11 is 0. The Kier molecular flexibility index (Phi) is 7.84. The van der Waals surface area contributed by atoms with E-state index in [9.17, 15) is 13.2 Å². The van der Waals surface area contributed by atoms with E-state index in [2.05, 4.69) is 9.93 Å². The lowest BCUT2D eigenvalue weighted by Crippen LogP contribution is -2.43. The second-order valence-electron chi connectivity index (χ2n) is 7.78. The fourth-order valence-corrected chi connectivity index (χ4v) is 4.42. The first-order valence-corrected chi connectivity index (χ1v) is 12.7. The molecule has 1 amide bonds. The first-order chi connectivity index (χ1) is 17.0. The molecule has 1 aliphatic rings. The lowest BCUT2D eigenvalue weighted by Gasteiger charge is -2.26. The first kappa shape index (κ1) is 24.5. The molecule has 1 aliphatic heterocycles. The highest BCUT2D eigenvalue weighted by molar-refractivity contribution is 7.89. The van der Waals surface area contributed by atoms with E-state index in [1.54, 1.807) is 35.2 Å². The van der Waals surface area contributed by atoms with Crippen molar-refractivity contribution in [3.05, 3.63) is 66.2 Å². The van der Waals surface area contributed by atoms with Crippen molar-refractivity contribution in [1.82, 2.24) is 9.73 Å². The highest BCUT2D eigenvalue weighted by atomic mass is 32.2. The van der Waals surface area contributed by atoms with Crippen molar-refractivity contribution < 1.29 is 27.4 Å². The number of nitrogens with zero attached hydrogens (tertiary/aromatic N) is 2. The molecule has 0 spiro atoms. The third-order valence-corrected chi connectivity index (χ3v) is 6.62. The van der Waals surface area contributed by atoms with Crippen LogP contribution in [0.4, 0.5) is 0 Å². The van der Waals surface area contributed by atoms with E-state index < -0.39 is 10.0 Å². The van der Waals surface area contributed by atoms with E-state index in [0.29, 0.717) is 50.0 Å². The van der Waals surface area contributed by atoms with Gasteiger partial charge in [0.1, 0.15) is 0 Å². The van der Waals surface area contributed by atoms with E-state index in [1.807, 2.05) is 31.2 Å². The van der Waals surface area contributed by atoms with Crippen LogP contribution in [0, 0.1) is 0 Å². The summed E-state index contributed by atoms with van der Waals surface area (Å²) in [7, 11) is -3.83. The summed E-state index contributed by atoms with van der Waals surface area (Å²) in [6, 6.07) is 17.4. The fraction of sp³-hybridized carbons (Fsp3) is 0.280. The molecule has 1 N–H and O–H groups in total. The molecule has 1 saturated heterocycles. The molecular formula is C25H27N3O6S. The number of carbonyl (C=O) groups excluding carboxylic acids is 1. The summed E-state index contributed by atoms with van der Waals surface area (Å²) in [5.74, 6) is 0.732. The van der Waals surface area contributed by atoms with E-state index in [0.717, 1.165) is 10.8 Å². The molecule has 10 heteroatoms. The Morgan fingerprint density at radius 1 is 1.03 bits per heavy atom. The standard InChI is InChI=1S/C25H27N3O6S/c1-2-33-24-15-19(7-10-23(24)34-18-25(29)28-11-13-32-14-12-28)17-26-27-35(30,31)22-9-8-20-5-3-4-6-21(20)16-22/h3-10,15-17,27H,2,11-14,18H2,1H3. The van der Waals surface area contributed by atoms with Crippen LogP contribution < -0.4 is 14.3 Å². The minimum Gasteiger partial charge on any atom is -0.490 e. The van der Waals surface area contributed by atoms with Gasteiger partial charge in [0.15, 0.2) is 18.1 Å². The summed E-state index contributed by atoms with van der Waals surface area (Å²) < 4.78 is 41.9. The molecule has 1 fully saturated rings. The molecule has 0 unspecified atom stereocenters. The Hall–Kier alpha value is -3.63. The lowest BCUT2D eigenvalue weighted by molar-refractivity contribution is -0.137. The molecule has 1 heterocycles. The van der Waals surface area contributed by atoms with Crippen molar-refractivity contribution in [1.29, 1.82) is 0 Å². The average molecular weight is 498 g/mol. The Labute approximate surface area is 204 Å². The van der Waals surface area contributed by atoms with E-state index >= 15 is 0 Å². The van der Waals surface area contributed by atoms with Crippen LogP contribution in [0.3, 0.4) is 0 Å². The number of morpholine rings is 1. The van der Waals surface area contributed by atoms with E-state index in [-0.39, 0.29) is 17.4 Å². The zero-order chi connectivity index (χ0) is 24.7. The molecule has 35 heavy (non-hydrogen) atoms. The molecule has 0 aromatic heterocycles. The van der Waals surface area contributed by atoms with Crippen molar-refractivity contribution >= 4 is 32.9 Å². The third kappa shape index (κ3) is 6.28. The number of benzene rings is 3. The predicted octanol–water partition coefficient (Wildman–Crippen LogP) is 2.79. The highest BCUT2D eigenvalue weighted by Crippen LogP contribution is 2.28. The normalized spacial score (nSPS) is 14.3. The second kappa shape index (κ2) is 11.2. The van der Waals surface area contributed by atoms with Crippen molar-refractivity contribution in [2.45, 2.75) is 11.8 Å². The third-order valence-electron chi connectivity index (χ3n) is 5.40. The number of sulfonamides is 1. The van der Waals surface area contributed by atoms with Gasteiger partial charge in [-0.25, -0.2) is 4.83 Å². The van der Waals surface area contributed by atoms with Crippen LogP contribution >= 0.6 is 0 Å². The summed E-state index contributed by atoms with van der Waals surface area (Å²) in [4.78, 5) is 16.4. The van der Waals surface area contributed by atoms with Gasteiger partial charge in [-0.15, -0.1) is 0 Å². The zero-order valence-electron chi connectivity index (χ0n) is 19.3. The molecule has 0 saturated carbocycles. The van der Waals surface area contributed by atoms with E-state index in [4.69, 9.17) is 14.2 Å². The number of hydrogen-bond donors (Lipinski definition) is 1. The lowest BCUT2D eigenvalue weighted by atomic mass is 10.1. The second-order valence-corrected chi connectivity index (χ2v) is 9.44. The molecule has 3 aromatic rings. The first-order valence-electron chi connectivity index (χ1n) is 11.2. The maximum Gasteiger partial charge on any atom is 0.276 e. The number of hydrazone groups is 1. The Bertz CT molecular complexity index is 1320. The van der Waals surface area contributed by atoms with Gasteiger partial charge in [0.05, 0.1) is 30.9 Å². The topological polar surface area (TPSA) is 107 Å². The largest absolute Gasteiger partial charge is 0.490 e. The summed E-state index contributed by atoms with van der Waals surface area (Å²) in [6.07, 6.45) is 1.38. The van der Waals surface area contributed by atoms with Crippen LogP contribution in [0.15, 0.2) is 70.7 Å². The molecule has 3 aromatic carbocycles. The van der Waals surface area contributed by atoms with Crippen molar-refractivity contribution in [3.63, 3.8) is 0 Å². The maximum absolute atomic E-state index is 12.7. The van der Waals surface area contributed by atoms with Gasteiger partial charge < -0.3 is 19.1 Å².